The molecule has 10 rings (SSSR count). The second kappa shape index (κ2) is 12.5. The van der Waals surface area contributed by atoms with Gasteiger partial charge in [0.05, 0.1) is 22.1 Å². The molecule has 2 nitrogen and oxygen atoms in total. The van der Waals surface area contributed by atoms with E-state index >= 15 is 0 Å². The fraction of sp³-hybridized carbons (Fsp3) is 0. The Balaban J connectivity index is 1.36. The molecule has 0 spiro atoms. The number of para-hydroxylation sites is 3. The molecule has 9 aromatic carbocycles. The number of nitrogens with zero attached hydrogens (tertiary/aromatic N) is 1. The number of furan rings is 1. The van der Waals surface area contributed by atoms with Crippen LogP contribution in [0.1, 0.15) is 16.4 Å². The van der Waals surface area contributed by atoms with E-state index in [4.69, 9.17) is 7.16 Å². The zero-order valence-corrected chi connectivity index (χ0v) is 27.5. The van der Waals surface area contributed by atoms with E-state index in [9.17, 15) is 13.7 Å². The Hall–Kier alpha value is -6.90. The van der Waals surface area contributed by atoms with Crippen molar-refractivity contribution in [2.45, 2.75) is 0 Å². The lowest BCUT2D eigenvalue weighted by atomic mass is 9.96. The summed E-state index contributed by atoms with van der Waals surface area (Å²) in [6, 6.07) is 30.4. The van der Waals surface area contributed by atoms with Gasteiger partial charge < -0.3 is 9.32 Å². The van der Waals surface area contributed by atoms with Crippen molar-refractivity contribution in [1.29, 1.82) is 0 Å². The van der Waals surface area contributed by atoms with Crippen molar-refractivity contribution in [3.63, 3.8) is 0 Å². The predicted molar refractivity (Wildman–Crippen MR) is 220 cm³/mol. The van der Waals surface area contributed by atoms with Gasteiger partial charge in [0.2, 0.25) is 0 Å². The lowest BCUT2D eigenvalue weighted by molar-refractivity contribution is 0.670. The van der Waals surface area contributed by atoms with Crippen LogP contribution in [0.5, 0.6) is 0 Å². The first kappa shape index (κ1) is 20.1. The van der Waals surface area contributed by atoms with Gasteiger partial charge >= 0.3 is 0 Å². The van der Waals surface area contributed by atoms with Gasteiger partial charge in [-0.2, -0.15) is 0 Å². The average Bonchev–Trinajstić information content (AvgIpc) is 3.70. The van der Waals surface area contributed by atoms with E-state index in [1.807, 2.05) is 60.7 Å². The smallest absolute Gasteiger partial charge is 0.143 e. The van der Waals surface area contributed by atoms with E-state index in [1.54, 1.807) is 66.7 Å². The number of hydrogen-bond donors (Lipinski definition) is 0. The zero-order chi connectivity index (χ0) is 44.9. The fourth-order valence-electron chi connectivity index (χ4n) is 6.94. The molecule has 0 aliphatic carbocycles. The number of rotatable bonds is 6. The Morgan fingerprint density at radius 1 is 0.385 bits per heavy atom. The molecule has 10 aromatic rings. The molecule has 0 aliphatic rings. The van der Waals surface area contributed by atoms with Gasteiger partial charge in [0.25, 0.3) is 0 Å². The lowest BCUT2D eigenvalue weighted by Gasteiger charge is -2.28. The fourth-order valence-corrected chi connectivity index (χ4v) is 6.94. The molecule has 1 heterocycles. The van der Waals surface area contributed by atoms with Crippen molar-refractivity contribution in [3.05, 3.63) is 200 Å². The van der Waals surface area contributed by atoms with E-state index in [-0.39, 0.29) is 27.8 Å². The quantitative estimate of drug-likeness (QED) is 0.174. The molecule has 0 N–H and O–H groups in total. The minimum Gasteiger partial charge on any atom is -0.455 e. The van der Waals surface area contributed by atoms with Crippen LogP contribution in [-0.2, 0) is 0 Å². The third kappa shape index (κ3) is 5.04. The summed E-state index contributed by atoms with van der Waals surface area (Å²) in [4.78, 5) is 0.954. The van der Waals surface area contributed by atoms with Crippen LogP contribution in [0.2, 0.25) is 0 Å². The normalized spacial score (nSPS) is 14.7. The summed E-state index contributed by atoms with van der Waals surface area (Å²) in [5.41, 5.74) is -0.0775. The molecule has 0 radical (unpaired) electrons. The summed E-state index contributed by atoms with van der Waals surface area (Å²) in [7, 11) is 0. The molecular weight excluding hydrogens is 631 g/mol. The molecule has 0 fully saturated rings. The third-order valence-corrected chi connectivity index (χ3v) is 9.35. The second-order valence-corrected chi connectivity index (χ2v) is 12.3. The van der Waals surface area contributed by atoms with Gasteiger partial charge in [0.15, 0.2) is 0 Å². The lowest BCUT2D eigenvalue weighted by Crippen LogP contribution is -2.11. The molecule has 0 bridgehead atoms. The van der Waals surface area contributed by atoms with E-state index in [2.05, 4.69) is 0 Å². The van der Waals surface area contributed by atoms with Gasteiger partial charge in [-0.3, -0.25) is 0 Å². The minimum atomic E-state index is -0.726. The van der Waals surface area contributed by atoms with Crippen LogP contribution in [-0.4, -0.2) is 0 Å². The summed E-state index contributed by atoms with van der Waals surface area (Å²) in [6.07, 6.45) is 0. The van der Waals surface area contributed by atoms with Gasteiger partial charge in [-0.1, -0.05) is 164 Å². The molecule has 0 saturated heterocycles. The highest BCUT2D eigenvalue weighted by atomic mass is 16.3. The molecule has 2 heteroatoms. The maximum atomic E-state index is 9.72. The summed E-state index contributed by atoms with van der Waals surface area (Å²) in [5.74, 6) is 0. The Morgan fingerprint density at radius 3 is 1.50 bits per heavy atom. The highest BCUT2D eigenvalue weighted by Crippen LogP contribution is 2.45. The van der Waals surface area contributed by atoms with Crippen LogP contribution in [0.25, 0.3) is 76.9 Å². The summed E-state index contributed by atoms with van der Waals surface area (Å²) in [5, 5.41) is 4.26. The summed E-state index contributed by atoms with van der Waals surface area (Å²) in [6.45, 7) is 0. The van der Waals surface area contributed by atoms with Crippen LogP contribution in [0, 0.1) is 0 Å². The Bertz CT molecular complexity index is 3410. The zero-order valence-electron chi connectivity index (χ0n) is 39.5. The largest absolute Gasteiger partial charge is 0.455 e. The Labute approximate surface area is 319 Å². The molecule has 0 amide bonds. The SMILES string of the molecule is [2H]c1c([2H])c([2H])c(N(c2c([2H])c([2H])c(-c3cccc4ccccc34)c([2H])c2[2H])c2c([2H])c([2H])c(-c3cccc4ccccc34)c([2H])c2[2H])c(-c2cccc3c2oc2ccccc23)c1[2H]. The van der Waals surface area contributed by atoms with Crippen molar-refractivity contribution in [3.8, 4) is 33.4 Å². The maximum Gasteiger partial charge on any atom is 0.143 e. The highest BCUT2D eigenvalue weighted by Gasteiger charge is 2.20. The van der Waals surface area contributed by atoms with Crippen LogP contribution in [0.15, 0.2) is 204 Å². The molecule has 0 unspecified atom stereocenters. The first-order valence-corrected chi connectivity index (χ1v) is 16.8. The van der Waals surface area contributed by atoms with Crippen molar-refractivity contribution in [2.75, 3.05) is 4.90 Å². The van der Waals surface area contributed by atoms with Crippen LogP contribution >= 0.6 is 0 Å². The van der Waals surface area contributed by atoms with Crippen LogP contribution < -0.4 is 4.90 Å². The van der Waals surface area contributed by atoms with Crippen LogP contribution in [0.3, 0.4) is 0 Å². The molecule has 244 valence electrons. The topological polar surface area (TPSA) is 16.4 Å². The van der Waals surface area contributed by atoms with E-state index in [0.29, 0.717) is 32.9 Å². The second-order valence-electron chi connectivity index (χ2n) is 12.3. The summed E-state index contributed by atoms with van der Waals surface area (Å²) >= 11 is 0. The third-order valence-electron chi connectivity index (χ3n) is 9.35. The molecule has 0 saturated carbocycles. The standard InChI is InChI=1S/C50H33NO/c1-3-16-40-34(12-1)14-9-20-42(40)36-26-30-38(31-27-36)51(39-32-28-37(29-33-39)43-21-10-15-35-13-2-4-17-41(35)43)48-24-7-5-18-44(48)46-22-11-23-47-45-19-6-8-25-49(45)52-50(46)47/h1-33H/i5D,7D,18D,24D,26D,27D,28D,29D,30D,31D,32D,33D. The Kier molecular flexibility index (Phi) is 4.81. The minimum absolute atomic E-state index is 0.0383. The van der Waals surface area contributed by atoms with Gasteiger partial charge in [-0.15, -0.1) is 0 Å². The first-order chi connectivity index (χ1) is 30.8. The monoisotopic (exact) mass is 675 g/mol. The number of hydrogen-bond acceptors (Lipinski definition) is 2. The molecule has 0 aliphatic heterocycles. The predicted octanol–water partition coefficient (Wildman–Crippen LogP) is 14.4. The van der Waals surface area contributed by atoms with Crippen molar-refractivity contribution < 1.29 is 20.9 Å². The van der Waals surface area contributed by atoms with E-state index < -0.39 is 89.6 Å². The molecule has 0 atom stereocenters. The van der Waals surface area contributed by atoms with Crippen molar-refractivity contribution >= 4 is 60.5 Å². The van der Waals surface area contributed by atoms with Crippen LogP contribution in [0.4, 0.5) is 17.1 Å². The van der Waals surface area contributed by atoms with E-state index in [1.165, 1.54) is 0 Å². The number of benzene rings is 9. The molecular formula is C50H33NO. The Morgan fingerprint density at radius 2 is 0.865 bits per heavy atom. The molecule has 52 heavy (non-hydrogen) atoms. The highest BCUT2D eigenvalue weighted by molar-refractivity contribution is 6.11. The molecule has 1 aromatic heterocycles. The van der Waals surface area contributed by atoms with Crippen molar-refractivity contribution in [1.82, 2.24) is 0 Å². The van der Waals surface area contributed by atoms with Gasteiger partial charge in [0, 0.05) is 33.3 Å². The van der Waals surface area contributed by atoms with Crippen molar-refractivity contribution in [2.24, 2.45) is 0 Å². The van der Waals surface area contributed by atoms with Gasteiger partial charge in [-0.25, -0.2) is 0 Å². The summed E-state index contributed by atoms with van der Waals surface area (Å²) < 4.78 is 120. The average molecular weight is 676 g/mol. The number of fused-ring (bicyclic) bond motifs is 5. The van der Waals surface area contributed by atoms with Gasteiger partial charge in [-0.05, 0) is 80.1 Å². The maximum absolute atomic E-state index is 9.72. The number of anilines is 3. The first-order valence-electron chi connectivity index (χ1n) is 22.8. The van der Waals surface area contributed by atoms with Gasteiger partial charge in [0.1, 0.15) is 11.2 Å². The van der Waals surface area contributed by atoms with E-state index in [0.717, 1.165) is 21.1 Å².